The molecule has 0 N–H and O–H groups in total. The van der Waals surface area contributed by atoms with Gasteiger partial charge in [-0.15, -0.1) is 16.4 Å². The first-order chi connectivity index (χ1) is 12.7. The highest BCUT2D eigenvalue weighted by molar-refractivity contribution is 7.98. The molecule has 7 nitrogen and oxygen atoms in total. The molecule has 0 aliphatic carbocycles. The Morgan fingerprint density at radius 3 is 2.92 bits per heavy atom. The molecule has 0 aliphatic rings. The van der Waals surface area contributed by atoms with Gasteiger partial charge in [-0.05, 0) is 41.6 Å². The molecule has 0 unspecified atom stereocenters. The van der Waals surface area contributed by atoms with Gasteiger partial charge in [-0.3, -0.25) is 0 Å². The van der Waals surface area contributed by atoms with E-state index in [1.54, 1.807) is 23.1 Å². The first-order valence-corrected chi connectivity index (χ1v) is 9.67. The number of tetrazole rings is 1. The summed E-state index contributed by atoms with van der Waals surface area (Å²) in [6.45, 7) is 1.92. The van der Waals surface area contributed by atoms with Crippen molar-refractivity contribution in [1.82, 2.24) is 25.2 Å². The Bertz CT molecular complexity index is 1020. The summed E-state index contributed by atoms with van der Waals surface area (Å²) in [6.07, 6.45) is 0. The number of hydrogen-bond acceptors (Lipinski definition) is 8. The number of benzene rings is 1. The van der Waals surface area contributed by atoms with Gasteiger partial charge in [0, 0.05) is 11.1 Å². The largest absolute Gasteiger partial charge is 0.494 e. The molecule has 0 atom stereocenters. The summed E-state index contributed by atoms with van der Waals surface area (Å²) in [5.41, 5.74) is 1.76. The van der Waals surface area contributed by atoms with E-state index in [1.165, 1.54) is 11.8 Å². The lowest BCUT2D eigenvalue weighted by molar-refractivity contribution is 0.410. The Labute approximate surface area is 158 Å². The average Bonchev–Trinajstić information content (AvgIpc) is 3.40. The molecule has 3 heterocycles. The molecule has 0 bridgehead atoms. The lowest BCUT2D eigenvalue weighted by atomic mass is 10.3. The molecular weight excluding hydrogens is 370 g/mol. The van der Waals surface area contributed by atoms with Crippen molar-refractivity contribution in [3.05, 3.63) is 53.2 Å². The van der Waals surface area contributed by atoms with Crippen LogP contribution >= 0.6 is 23.1 Å². The van der Waals surface area contributed by atoms with Gasteiger partial charge < -0.3 is 9.15 Å². The molecular formula is C17H15N5O2S2. The van der Waals surface area contributed by atoms with E-state index in [1.807, 2.05) is 48.7 Å². The van der Waals surface area contributed by atoms with E-state index in [9.17, 15) is 0 Å². The third-order valence-corrected chi connectivity index (χ3v) is 5.46. The van der Waals surface area contributed by atoms with Gasteiger partial charge in [0.2, 0.25) is 5.16 Å². The summed E-state index contributed by atoms with van der Waals surface area (Å²) in [5.74, 6) is 3.04. The van der Waals surface area contributed by atoms with E-state index in [0.29, 0.717) is 16.7 Å². The van der Waals surface area contributed by atoms with Crippen LogP contribution in [-0.2, 0) is 5.75 Å². The van der Waals surface area contributed by atoms with Crippen LogP contribution in [0.5, 0.6) is 5.75 Å². The van der Waals surface area contributed by atoms with Gasteiger partial charge in [0.1, 0.15) is 17.2 Å². The Balaban J connectivity index is 1.51. The van der Waals surface area contributed by atoms with Crippen molar-refractivity contribution in [2.75, 3.05) is 7.11 Å². The zero-order valence-corrected chi connectivity index (χ0v) is 15.8. The van der Waals surface area contributed by atoms with Crippen LogP contribution < -0.4 is 4.74 Å². The van der Waals surface area contributed by atoms with Crippen molar-refractivity contribution in [2.24, 2.45) is 0 Å². The minimum absolute atomic E-state index is 0.658. The molecule has 4 rings (SSSR count). The predicted molar refractivity (Wildman–Crippen MR) is 99.8 cm³/mol. The Kier molecular flexibility index (Phi) is 4.72. The molecule has 0 spiro atoms. The molecule has 4 aromatic rings. The summed E-state index contributed by atoms with van der Waals surface area (Å²) >= 11 is 3.08. The highest BCUT2D eigenvalue weighted by Gasteiger charge is 2.14. The minimum atomic E-state index is 0.658. The standard InChI is InChI=1S/C17H15N5O2S2/c1-11-7-8-15(24-11)16-18-12(9-25-16)10-26-17-19-20-21-22(17)13-5-3-4-6-14(13)23-2/h3-9H,10H2,1-2H3. The van der Waals surface area contributed by atoms with Gasteiger partial charge in [0.05, 0.1) is 12.8 Å². The molecule has 0 fully saturated rings. The third-order valence-electron chi connectivity index (χ3n) is 3.61. The number of ether oxygens (including phenoxy) is 1. The van der Waals surface area contributed by atoms with E-state index in [-0.39, 0.29) is 0 Å². The van der Waals surface area contributed by atoms with E-state index in [0.717, 1.165) is 27.9 Å². The second kappa shape index (κ2) is 7.30. The van der Waals surface area contributed by atoms with Gasteiger partial charge in [-0.1, -0.05) is 23.9 Å². The molecule has 0 saturated carbocycles. The molecule has 0 aliphatic heterocycles. The number of para-hydroxylation sites is 2. The Morgan fingerprint density at radius 2 is 2.12 bits per heavy atom. The molecule has 9 heteroatoms. The fourth-order valence-electron chi connectivity index (χ4n) is 2.40. The number of thiazole rings is 1. The van der Waals surface area contributed by atoms with Crippen molar-refractivity contribution in [2.45, 2.75) is 17.8 Å². The second-order valence-corrected chi connectivity index (χ2v) is 7.19. The zero-order chi connectivity index (χ0) is 17.9. The maximum absolute atomic E-state index is 5.63. The Hall–Kier alpha value is -2.65. The van der Waals surface area contributed by atoms with Crippen LogP contribution in [0.25, 0.3) is 16.5 Å². The number of furan rings is 1. The zero-order valence-electron chi connectivity index (χ0n) is 14.1. The van der Waals surface area contributed by atoms with Crippen molar-refractivity contribution in [1.29, 1.82) is 0 Å². The molecule has 0 radical (unpaired) electrons. The molecule has 132 valence electrons. The maximum Gasteiger partial charge on any atom is 0.214 e. The fraction of sp³-hybridized carbons (Fsp3) is 0.176. The summed E-state index contributed by atoms with van der Waals surface area (Å²) in [4.78, 5) is 4.63. The lowest BCUT2D eigenvalue weighted by Crippen LogP contribution is -2.01. The van der Waals surface area contributed by atoms with E-state index >= 15 is 0 Å². The van der Waals surface area contributed by atoms with Crippen LogP contribution in [0.1, 0.15) is 11.5 Å². The topological polar surface area (TPSA) is 78.9 Å². The third kappa shape index (κ3) is 3.35. The summed E-state index contributed by atoms with van der Waals surface area (Å²) in [6, 6.07) is 11.5. The molecule has 1 aromatic carbocycles. The van der Waals surface area contributed by atoms with Gasteiger partial charge in [0.15, 0.2) is 10.8 Å². The lowest BCUT2D eigenvalue weighted by Gasteiger charge is -2.08. The van der Waals surface area contributed by atoms with Gasteiger partial charge in [-0.2, -0.15) is 4.68 Å². The minimum Gasteiger partial charge on any atom is -0.494 e. The van der Waals surface area contributed by atoms with Crippen LogP contribution in [0, 0.1) is 6.92 Å². The molecule has 0 amide bonds. The number of methoxy groups -OCH3 is 1. The number of aryl methyl sites for hydroxylation is 1. The van der Waals surface area contributed by atoms with Crippen molar-refractivity contribution in [3.63, 3.8) is 0 Å². The fourth-order valence-corrected chi connectivity index (χ4v) is 4.06. The SMILES string of the molecule is COc1ccccc1-n1nnnc1SCc1csc(-c2ccc(C)o2)n1. The van der Waals surface area contributed by atoms with Crippen LogP contribution in [-0.4, -0.2) is 32.3 Å². The average molecular weight is 385 g/mol. The number of rotatable bonds is 6. The van der Waals surface area contributed by atoms with Crippen LogP contribution in [0.15, 0.2) is 51.4 Å². The maximum atomic E-state index is 5.63. The van der Waals surface area contributed by atoms with Gasteiger partial charge in [-0.25, -0.2) is 4.98 Å². The van der Waals surface area contributed by atoms with Crippen LogP contribution in [0.4, 0.5) is 0 Å². The summed E-state index contributed by atoms with van der Waals surface area (Å²) in [7, 11) is 1.63. The Morgan fingerprint density at radius 1 is 1.23 bits per heavy atom. The van der Waals surface area contributed by atoms with E-state index < -0.39 is 0 Å². The van der Waals surface area contributed by atoms with Crippen molar-refractivity contribution < 1.29 is 9.15 Å². The van der Waals surface area contributed by atoms with Crippen LogP contribution in [0.3, 0.4) is 0 Å². The highest BCUT2D eigenvalue weighted by atomic mass is 32.2. The molecule has 3 aromatic heterocycles. The monoisotopic (exact) mass is 385 g/mol. The van der Waals surface area contributed by atoms with Crippen molar-refractivity contribution >= 4 is 23.1 Å². The first kappa shape index (κ1) is 16.8. The predicted octanol–water partition coefficient (Wildman–Crippen LogP) is 3.99. The molecule has 0 saturated heterocycles. The van der Waals surface area contributed by atoms with E-state index in [4.69, 9.17) is 9.15 Å². The summed E-state index contributed by atoms with van der Waals surface area (Å²) < 4.78 is 12.7. The number of thioether (sulfide) groups is 1. The van der Waals surface area contributed by atoms with E-state index in [2.05, 4.69) is 20.5 Å². The smallest absolute Gasteiger partial charge is 0.214 e. The second-order valence-electron chi connectivity index (χ2n) is 5.39. The number of nitrogens with zero attached hydrogens (tertiary/aromatic N) is 5. The van der Waals surface area contributed by atoms with Crippen LogP contribution in [0.2, 0.25) is 0 Å². The summed E-state index contributed by atoms with van der Waals surface area (Å²) in [5, 5.41) is 15.6. The number of hydrogen-bond donors (Lipinski definition) is 0. The van der Waals surface area contributed by atoms with Gasteiger partial charge >= 0.3 is 0 Å². The van der Waals surface area contributed by atoms with Crippen molar-refractivity contribution in [3.8, 4) is 22.2 Å². The first-order valence-electron chi connectivity index (χ1n) is 7.80. The quantitative estimate of drug-likeness (QED) is 0.464. The molecule has 26 heavy (non-hydrogen) atoms. The number of aromatic nitrogens is 5. The van der Waals surface area contributed by atoms with Gasteiger partial charge in [0.25, 0.3) is 0 Å². The highest BCUT2D eigenvalue weighted by Crippen LogP contribution is 2.30. The normalized spacial score (nSPS) is 11.0.